The fourth-order valence-electron chi connectivity index (χ4n) is 1.23. The van der Waals surface area contributed by atoms with E-state index in [1.165, 1.54) is 11.8 Å². The lowest BCUT2D eigenvalue weighted by molar-refractivity contribution is -0.119. The highest BCUT2D eigenvalue weighted by atomic mass is 32.2. The summed E-state index contributed by atoms with van der Waals surface area (Å²) in [6.07, 6.45) is 0. The van der Waals surface area contributed by atoms with E-state index in [2.05, 4.69) is 5.32 Å². The Labute approximate surface area is 99.5 Å². The van der Waals surface area contributed by atoms with Gasteiger partial charge in [-0.15, -0.1) is 11.8 Å². The van der Waals surface area contributed by atoms with Gasteiger partial charge in [0.25, 0.3) is 0 Å². The van der Waals surface area contributed by atoms with Gasteiger partial charge in [-0.2, -0.15) is 0 Å². The van der Waals surface area contributed by atoms with Gasteiger partial charge in [0.1, 0.15) is 5.75 Å². The molecule has 88 valence electrons. The second-order valence-corrected chi connectivity index (χ2v) is 4.67. The molecule has 1 amide bonds. The normalized spacial score (nSPS) is 11.9. The minimum absolute atomic E-state index is 0.0103. The van der Waals surface area contributed by atoms with Crippen molar-refractivity contribution in [3.05, 3.63) is 18.2 Å². The molecule has 0 aliphatic heterocycles. The quantitative estimate of drug-likeness (QED) is 0.618. The summed E-state index contributed by atoms with van der Waals surface area (Å²) < 4.78 is 5.21. The van der Waals surface area contributed by atoms with Crippen molar-refractivity contribution in [3.63, 3.8) is 0 Å². The van der Waals surface area contributed by atoms with Crippen molar-refractivity contribution < 1.29 is 9.53 Å². The number of carbonyl (C=O) groups excluding carboxylic acids is 1. The third kappa shape index (κ3) is 3.06. The van der Waals surface area contributed by atoms with Crippen LogP contribution < -0.4 is 15.8 Å². The lowest BCUT2D eigenvalue weighted by atomic mass is 10.3. The predicted octanol–water partition coefficient (Wildman–Crippen LogP) is 1.50. The zero-order valence-corrected chi connectivity index (χ0v) is 10.4. The van der Waals surface area contributed by atoms with Crippen LogP contribution in [0.15, 0.2) is 23.1 Å². The molecule has 0 aromatic heterocycles. The molecule has 0 saturated carbocycles. The van der Waals surface area contributed by atoms with E-state index in [9.17, 15) is 4.79 Å². The monoisotopic (exact) mass is 240 g/mol. The summed E-state index contributed by atoms with van der Waals surface area (Å²) in [6, 6.07) is 5.40. The van der Waals surface area contributed by atoms with Crippen LogP contribution in [-0.4, -0.2) is 25.3 Å². The Balaban J connectivity index is 2.84. The maximum absolute atomic E-state index is 11.4. The van der Waals surface area contributed by atoms with Gasteiger partial charge in [0.2, 0.25) is 5.91 Å². The van der Waals surface area contributed by atoms with E-state index in [-0.39, 0.29) is 11.2 Å². The van der Waals surface area contributed by atoms with E-state index in [0.717, 1.165) is 4.90 Å². The van der Waals surface area contributed by atoms with Gasteiger partial charge in [-0.05, 0) is 19.1 Å². The zero-order chi connectivity index (χ0) is 12.1. The van der Waals surface area contributed by atoms with E-state index in [1.54, 1.807) is 26.3 Å². The summed E-state index contributed by atoms with van der Waals surface area (Å²) in [7, 11) is 3.21. The standard InChI is InChI=1S/C11H16N2O2S/c1-7(11(14)13-2)16-10-5-4-8(12)6-9(10)15-3/h4-7H,12H2,1-3H3,(H,13,14). The first-order valence-electron chi connectivity index (χ1n) is 4.90. The van der Waals surface area contributed by atoms with E-state index < -0.39 is 0 Å². The van der Waals surface area contributed by atoms with Crippen LogP contribution in [0.5, 0.6) is 5.75 Å². The first kappa shape index (κ1) is 12.7. The van der Waals surface area contributed by atoms with Gasteiger partial charge in [0.15, 0.2) is 0 Å². The van der Waals surface area contributed by atoms with Crippen LogP contribution in [0, 0.1) is 0 Å². The highest BCUT2D eigenvalue weighted by molar-refractivity contribution is 8.00. The summed E-state index contributed by atoms with van der Waals surface area (Å²) in [6.45, 7) is 1.85. The van der Waals surface area contributed by atoms with Gasteiger partial charge >= 0.3 is 0 Å². The smallest absolute Gasteiger partial charge is 0.232 e. The number of nitrogens with one attached hydrogen (secondary N) is 1. The zero-order valence-electron chi connectivity index (χ0n) is 9.61. The first-order chi connectivity index (χ1) is 7.58. The molecule has 0 bridgehead atoms. The second-order valence-electron chi connectivity index (χ2n) is 3.28. The van der Waals surface area contributed by atoms with E-state index in [4.69, 9.17) is 10.5 Å². The number of carbonyl (C=O) groups is 1. The third-order valence-electron chi connectivity index (χ3n) is 2.11. The van der Waals surface area contributed by atoms with E-state index in [1.807, 2.05) is 13.0 Å². The summed E-state index contributed by atoms with van der Waals surface area (Å²) >= 11 is 1.44. The highest BCUT2D eigenvalue weighted by Crippen LogP contribution is 2.33. The Kier molecular flexibility index (Phi) is 4.49. The van der Waals surface area contributed by atoms with Gasteiger partial charge in [-0.3, -0.25) is 4.79 Å². The molecule has 3 N–H and O–H groups in total. The predicted molar refractivity (Wildman–Crippen MR) is 66.8 cm³/mol. The van der Waals surface area contributed by atoms with Crippen molar-refractivity contribution in [2.75, 3.05) is 19.9 Å². The number of methoxy groups -OCH3 is 1. The molecular weight excluding hydrogens is 224 g/mol. The molecule has 1 unspecified atom stereocenters. The minimum Gasteiger partial charge on any atom is -0.496 e. The molecule has 0 spiro atoms. The van der Waals surface area contributed by atoms with Crippen molar-refractivity contribution in [3.8, 4) is 5.75 Å². The number of amides is 1. The van der Waals surface area contributed by atoms with Crippen LogP contribution in [-0.2, 0) is 4.79 Å². The van der Waals surface area contributed by atoms with E-state index >= 15 is 0 Å². The molecule has 0 saturated heterocycles. The Morgan fingerprint density at radius 1 is 1.56 bits per heavy atom. The molecule has 0 aliphatic rings. The number of nitrogen functional groups attached to an aromatic ring is 1. The van der Waals surface area contributed by atoms with Crippen LogP contribution in [0.4, 0.5) is 5.69 Å². The number of hydrogen-bond donors (Lipinski definition) is 2. The van der Waals surface area contributed by atoms with Crippen molar-refractivity contribution in [1.82, 2.24) is 5.32 Å². The highest BCUT2D eigenvalue weighted by Gasteiger charge is 2.15. The molecule has 0 radical (unpaired) electrons. The van der Waals surface area contributed by atoms with Gasteiger partial charge in [0.05, 0.1) is 17.3 Å². The maximum Gasteiger partial charge on any atom is 0.232 e. The average molecular weight is 240 g/mol. The molecule has 16 heavy (non-hydrogen) atoms. The lowest BCUT2D eigenvalue weighted by Gasteiger charge is -2.12. The number of hydrogen-bond acceptors (Lipinski definition) is 4. The number of thioether (sulfide) groups is 1. The Morgan fingerprint density at radius 2 is 2.25 bits per heavy atom. The molecule has 0 aliphatic carbocycles. The number of benzene rings is 1. The summed E-state index contributed by atoms with van der Waals surface area (Å²) in [5.41, 5.74) is 6.30. The van der Waals surface area contributed by atoms with E-state index in [0.29, 0.717) is 11.4 Å². The second kappa shape index (κ2) is 5.65. The Hall–Kier alpha value is -1.36. The third-order valence-corrected chi connectivity index (χ3v) is 3.27. The van der Waals surface area contributed by atoms with Gasteiger partial charge < -0.3 is 15.8 Å². The first-order valence-corrected chi connectivity index (χ1v) is 5.78. The van der Waals surface area contributed by atoms with Gasteiger partial charge in [-0.1, -0.05) is 0 Å². The lowest BCUT2D eigenvalue weighted by Crippen LogP contribution is -2.27. The number of rotatable bonds is 4. The SMILES string of the molecule is CNC(=O)C(C)Sc1ccc(N)cc1OC. The molecule has 1 rings (SSSR count). The molecular formula is C11H16N2O2S. The van der Waals surface area contributed by atoms with Gasteiger partial charge in [-0.25, -0.2) is 0 Å². The number of anilines is 1. The molecule has 0 heterocycles. The largest absolute Gasteiger partial charge is 0.496 e. The fourth-order valence-corrected chi connectivity index (χ4v) is 2.24. The Bertz CT molecular complexity index is 382. The number of ether oxygens (including phenoxy) is 1. The fraction of sp³-hybridized carbons (Fsp3) is 0.364. The maximum atomic E-state index is 11.4. The van der Waals surface area contributed by atoms with Crippen molar-refractivity contribution in [1.29, 1.82) is 0 Å². The summed E-state index contributed by atoms with van der Waals surface area (Å²) in [4.78, 5) is 12.3. The van der Waals surface area contributed by atoms with Crippen LogP contribution >= 0.6 is 11.8 Å². The Morgan fingerprint density at radius 3 is 2.81 bits per heavy atom. The molecule has 1 aromatic carbocycles. The minimum atomic E-state index is -0.164. The summed E-state index contributed by atoms with van der Waals surface area (Å²) in [5.74, 6) is 0.685. The number of nitrogens with two attached hydrogens (primary N) is 1. The van der Waals surface area contributed by atoms with Crippen molar-refractivity contribution >= 4 is 23.4 Å². The van der Waals surface area contributed by atoms with Crippen molar-refractivity contribution in [2.45, 2.75) is 17.1 Å². The molecule has 5 heteroatoms. The van der Waals surface area contributed by atoms with Crippen molar-refractivity contribution in [2.24, 2.45) is 0 Å². The summed E-state index contributed by atoms with van der Waals surface area (Å²) in [5, 5.41) is 2.44. The van der Waals surface area contributed by atoms with Gasteiger partial charge in [0, 0.05) is 18.8 Å². The molecule has 1 aromatic rings. The molecule has 1 atom stereocenters. The van der Waals surface area contributed by atoms with Crippen LogP contribution in [0.3, 0.4) is 0 Å². The molecule has 0 fully saturated rings. The topological polar surface area (TPSA) is 64.4 Å². The van der Waals surface area contributed by atoms with Crippen LogP contribution in [0.2, 0.25) is 0 Å². The molecule has 4 nitrogen and oxygen atoms in total. The average Bonchev–Trinajstić information content (AvgIpc) is 2.30. The van der Waals surface area contributed by atoms with Crippen LogP contribution in [0.25, 0.3) is 0 Å². The van der Waals surface area contributed by atoms with Crippen LogP contribution in [0.1, 0.15) is 6.92 Å².